The van der Waals surface area contributed by atoms with E-state index in [-0.39, 0.29) is 0 Å². The molecule has 0 bridgehead atoms. The van der Waals surface area contributed by atoms with Crippen LogP contribution in [0.2, 0.25) is 0 Å². The van der Waals surface area contributed by atoms with Crippen molar-refractivity contribution in [2.24, 2.45) is 0 Å². The first-order valence-electron chi connectivity index (χ1n) is 8.32. The van der Waals surface area contributed by atoms with Gasteiger partial charge in [0.1, 0.15) is 11.5 Å². The number of aromatic amines is 1. The van der Waals surface area contributed by atoms with Crippen LogP contribution in [-0.4, -0.2) is 29.1 Å². The minimum Gasteiger partial charge on any atom is -0.341 e. The van der Waals surface area contributed by atoms with E-state index in [9.17, 15) is 0 Å². The Morgan fingerprint density at radius 2 is 1.76 bits per heavy atom. The molecule has 0 saturated carbocycles. The number of aryl methyl sites for hydroxylation is 4. The summed E-state index contributed by atoms with van der Waals surface area (Å²) >= 11 is 0. The molecule has 0 unspecified atom stereocenters. The van der Waals surface area contributed by atoms with E-state index in [4.69, 9.17) is 0 Å². The summed E-state index contributed by atoms with van der Waals surface area (Å²) in [5.41, 5.74) is 4.07. The molecule has 0 amide bonds. The number of nitrogens with one attached hydrogen (secondary N) is 1. The predicted octanol–water partition coefficient (Wildman–Crippen LogP) is 3.45. The van der Waals surface area contributed by atoms with Crippen LogP contribution < -0.4 is 0 Å². The van der Waals surface area contributed by atoms with Gasteiger partial charge in [-0.1, -0.05) is 30.3 Å². The van der Waals surface area contributed by atoms with Crippen molar-refractivity contribution in [3.63, 3.8) is 0 Å². The van der Waals surface area contributed by atoms with Crippen LogP contribution in [-0.2, 0) is 13.1 Å². The highest BCUT2D eigenvalue weighted by Gasteiger charge is 2.17. The van der Waals surface area contributed by atoms with E-state index >= 15 is 0 Å². The van der Waals surface area contributed by atoms with Crippen molar-refractivity contribution >= 4 is 0 Å². The number of imidazole rings is 3. The molecule has 0 aliphatic heterocycles. The van der Waals surface area contributed by atoms with E-state index in [1.807, 2.05) is 57.0 Å². The van der Waals surface area contributed by atoms with Crippen LogP contribution in [0, 0.1) is 13.8 Å². The van der Waals surface area contributed by atoms with Gasteiger partial charge >= 0.3 is 0 Å². The number of rotatable bonds is 5. The highest BCUT2D eigenvalue weighted by molar-refractivity contribution is 5.75. The number of hydrogen-bond donors (Lipinski definition) is 1. The van der Waals surface area contributed by atoms with Gasteiger partial charge < -0.3 is 14.1 Å². The summed E-state index contributed by atoms with van der Waals surface area (Å²) in [4.78, 5) is 16.8. The van der Waals surface area contributed by atoms with E-state index in [2.05, 4.69) is 41.2 Å². The van der Waals surface area contributed by atoms with Crippen LogP contribution in [0.3, 0.4) is 0 Å². The van der Waals surface area contributed by atoms with E-state index in [1.54, 1.807) is 0 Å². The van der Waals surface area contributed by atoms with E-state index in [0.29, 0.717) is 0 Å². The van der Waals surface area contributed by atoms with Gasteiger partial charge in [0.05, 0.1) is 12.0 Å². The second kappa shape index (κ2) is 6.39. The van der Waals surface area contributed by atoms with Crippen molar-refractivity contribution in [2.75, 3.05) is 0 Å². The van der Waals surface area contributed by atoms with Gasteiger partial charge in [0.15, 0.2) is 5.82 Å². The van der Waals surface area contributed by atoms with Crippen LogP contribution in [0.15, 0.2) is 55.2 Å². The average molecular weight is 332 g/mol. The van der Waals surface area contributed by atoms with Gasteiger partial charge in [-0.3, -0.25) is 0 Å². The Balaban J connectivity index is 1.74. The molecule has 126 valence electrons. The normalized spacial score (nSPS) is 11.1. The van der Waals surface area contributed by atoms with Crippen molar-refractivity contribution in [2.45, 2.75) is 26.9 Å². The third-order valence-electron chi connectivity index (χ3n) is 4.32. The molecule has 6 nitrogen and oxygen atoms in total. The quantitative estimate of drug-likeness (QED) is 0.609. The fraction of sp³-hybridized carbons (Fsp3) is 0.211. The second-order valence-corrected chi connectivity index (χ2v) is 6.08. The first-order chi connectivity index (χ1) is 12.2. The number of aromatic nitrogens is 6. The molecule has 0 atom stereocenters. The Morgan fingerprint density at radius 3 is 2.44 bits per heavy atom. The molecule has 0 aliphatic carbocycles. The first kappa shape index (κ1) is 15.4. The number of H-pyrrole nitrogens is 1. The molecular formula is C19H20N6. The van der Waals surface area contributed by atoms with Crippen LogP contribution >= 0.6 is 0 Å². The molecule has 0 radical (unpaired) electrons. The van der Waals surface area contributed by atoms with Crippen LogP contribution in [0.25, 0.3) is 22.8 Å². The van der Waals surface area contributed by atoms with Crippen molar-refractivity contribution in [3.05, 3.63) is 66.8 Å². The fourth-order valence-corrected chi connectivity index (χ4v) is 3.00. The Bertz CT molecular complexity index is 976. The number of benzene rings is 1. The summed E-state index contributed by atoms with van der Waals surface area (Å²) in [5.74, 6) is 1.86. The fourth-order valence-electron chi connectivity index (χ4n) is 3.00. The van der Waals surface area contributed by atoms with Crippen molar-refractivity contribution in [1.29, 1.82) is 0 Å². The molecule has 0 saturated heterocycles. The lowest BCUT2D eigenvalue weighted by Gasteiger charge is -2.10. The Morgan fingerprint density at radius 1 is 0.960 bits per heavy atom. The van der Waals surface area contributed by atoms with Crippen LogP contribution in [0.4, 0.5) is 0 Å². The van der Waals surface area contributed by atoms with Gasteiger partial charge in [-0.25, -0.2) is 15.0 Å². The van der Waals surface area contributed by atoms with E-state index < -0.39 is 0 Å². The van der Waals surface area contributed by atoms with Crippen molar-refractivity contribution < 1.29 is 0 Å². The van der Waals surface area contributed by atoms with Crippen LogP contribution in [0.1, 0.15) is 11.5 Å². The summed E-state index contributed by atoms with van der Waals surface area (Å²) in [5, 5.41) is 0. The topological polar surface area (TPSA) is 64.3 Å². The third kappa shape index (κ3) is 2.98. The van der Waals surface area contributed by atoms with E-state index in [0.717, 1.165) is 47.4 Å². The predicted molar refractivity (Wildman–Crippen MR) is 96.9 cm³/mol. The lowest BCUT2D eigenvalue weighted by atomic mass is 10.1. The maximum Gasteiger partial charge on any atom is 0.156 e. The highest BCUT2D eigenvalue weighted by atomic mass is 15.1. The first-order valence-corrected chi connectivity index (χ1v) is 8.32. The number of nitrogens with zero attached hydrogens (tertiary/aromatic N) is 5. The molecule has 25 heavy (non-hydrogen) atoms. The molecule has 0 spiro atoms. The van der Waals surface area contributed by atoms with Crippen molar-refractivity contribution in [1.82, 2.24) is 29.1 Å². The monoisotopic (exact) mass is 332 g/mol. The molecule has 4 aromatic rings. The molecule has 6 heteroatoms. The van der Waals surface area contributed by atoms with Crippen molar-refractivity contribution in [3.8, 4) is 22.8 Å². The summed E-state index contributed by atoms with van der Waals surface area (Å²) < 4.78 is 4.29. The molecule has 4 rings (SSSR count). The molecule has 3 aromatic heterocycles. The Kier molecular flexibility index (Phi) is 3.93. The minimum atomic E-state index is 0.798. The third-order valence-corrected chi connectivity index (χ3v) is 4.32. The molecular weight excluding hydrogens is 312 g/mol. The van der Waals surface area contributed by atoms with Gasteiger partial charge in [0, 0.05) is 42.9 Å². The smallest absolute Gasteiger partial charge is 0.156 e. The zero-order valence-electron chi connectivity index (χ0n) is 14.3. The second-order valence-electron chi connectivity index (χ2n) is 6.08. The molecule has 0 fully saturated rings. The van der Waals surface area contributed by atoms with Gasteiger partial charge in [-0.15, -0.1) is 0 Å². The average Bonchev–Trinajstić information content (AvgIpc) is 3.33. The molecule has 1 N–H and O–H groups in total. The zero-order chi connectivity index (χ0) is 17.2. The molecule has 1 aromatic carbocycles. The summed E-state index contributed by atoms with van der Waals surface area (Å²) in [6.45, 7) is 5.66. The largest absolute Gasteiger partial charge is 0.341 e. The summed E-state index contributed by atoms with van der Waals surface area (Å²) in [7, 11) is 0. The number of hydrogen-bond acceptors (Lipinski definition) is 3. The summed E-state index contributed by atoms with van der Waals surface area (Å²) in [6, 6.07) is 10.2. The molecule has 3 heterocycles. The Labute approximate surface area is 146 Å². The minimum absolute atomic E-state index is 0.798. The maximum atomic E-state index is 4.67. The van der Waals surface area contributed by atoms with E-state index in [1.165, 1.54) is 0 Å². The molecule has 0 aliphatic rings. The summed E-state index contributed by atoms with van der Waals surface area (Å²) in [6.07, 6.45) is 7.57. The SMILES string of the molecule is Cc1cnc(-c2c(-c3ccccc3)ncn2CCn2ccnc2C)[nH]1. The maximum absolute atomic E-state index is 4.67. The lowest BCUT2D eigenvalue weighted by molar-refractivity contribution is 0.570. The Hall–Kier alpha value is -3.15. The van der Waals surface area contributed by atoms with Gasteiger partial charge in [0.25, 0.3) is 0 Å². The van der Waals surface area contributed by atoms with Crippen LogP contribution in [0.5, 0.6) is 0 Å². The van der Waals surface area contributed by atoms with Gasteiger partial charge in [0.2, 0.25) is 0 Å². The standard InChI is InChI=1S/C19H20N6/c1-14-12-21-19(23-14)18-17(16-6-4-3-5-7-16)22-13-25(18)11-10-24-9-8-20-15(24)2/h3-9,12-13H,10-11H2,1-2H3,(H,21,23). The van der Waals surface area contributed by atoms with Gasteiger partial charge in [-0.2, -0.15) is 0 Å². The van der Waals surface area contributed by atoms with Gasteiger partial charge in [-0.05, 0) is 13.8 Å². The lowest BCUT2D eigenvalue weighted by Crippen LogP contribution is -2.09. The zero-order valence-corrected chi connectivity index (χ0v) is 14.3. The highest BCUT2D eigenvalue weighted by Crippen LogP contribution is 2.29.